The lowest BCUT2D eigenvalue weighted by molar-refractivity contribution is 0.271. The highest BCUT2D eigenvalue weighted by atomic mass is 32.2. The summed E-state index contributed by atoms with van der Waals surface area (Å²) in [4.78, 5) is 1.10. The Balaban J connectivity index is 1.72. The van der Waals surface area contributed by atoms with E-state index in [4.69, 9.17) is 0 Å². The van der Waals surface area contributed by atoms with E-state index in [0.29, 0.717) is 18.1 Å². The van der Waals surface area contributed by atoms with Crippen molar-refractivity contribution in [3.8, 4) is 0 Å². The van der Waals surface area contributed by atoms with Crippen LogP contribution in [0.2, 0.25) is 0 Å². The van der Waals surface area contributed by atoms with Gasteiger partial charge in [0.2, 0.25) is 0 Å². The summed E-state index contributed by atoms with van der Waals surface area (Å²) in [5.74, 6) is -0.363. The summed E-state index contributed by atoms with van der Waals surface area (Å²) < 4.78 is 14.3. The molecule has 0 amide bonds. The fraction of sp³-hybridized carbons (Fsp3) is 0.438. The summed E-state index contributed by atoms with van der Waals surface area (Å²) in [6.07, 6.45) is 2.49. The van der Waals surface area contributed by atoms with Crippen molar-refractivity contribution in [2.75, 3.05) is 18.1 Å². The van der Waals surface area contributed by atoms with Gasteiger partial charge in [0.25, 0.3) is 0 Å². The molecule has 0 saturated heterocycles. The number of thioether (sulfide) groups is 1. The Bertz CT molecular complexity index is 1060. The van der Waals surface area contributed by atoms with Crippen molar-refractivity contribution in [1.82, 2.24) is 0 Å². The van der Waals surface area contributed by atoms with Gasteiger partial charge in [-0.05, 0) is 58.1 Å². The monoisotopic (exact) mass is 522 g/mol. The van der Waals surface area contributed by atoms with Crippen LogP contribution in [0.25, 0.3) is 0 Å². The number of aliphatic hydroxyl groups excluding tert-OH is 1. The van der Waals surface area contributed by atoms with E-state index in [-0.39, 0.29) is 10.8 Å². The van der Waals surface area contributed by atoms with Crippen molar-refractivity contribution < 1.29 is 9.67 Å². The molecular formula is C32H43O2PS. The van der Waals surface area contributed by atoms with Gasteiger partial charge in [0.1, 0.15) is 13.0 Å². The first-order chi connectivity index (χ1) is 16.9. The van der Waals surface area contributed by atoms with E-state index < -0.39 is 13.0 Å². The molecule has 1 N–H and O–H groups in total. The molecule has 3 aromatic carbocycles. The number of aryl methyl sites for hydroxylation is 2. The normalized spacial score (nSPS) is 13.5. The van der Waals surface area contributed by atoms with Gasteiger partial charge in [-0.3, -0.25) is 0 Å². The Morgan fingerprint density at radius 1 is 0.694 bits per heavy atom. The van der Waals surface area contributed by atoms with Gasteiger partial charge in [-0.2, -0.15) is 0 Å². The lowest BCUT2D eigenvalue weighted by Crippen LogP contribution is -2.18. The van der Waals surface area contributed by atoms with E-state index in [1.165, 1.54) is 22.3 Å². The Morgan fingerprint density at radius 3 is 1.50 bits per heavy atom. The van der Waals surface area contributed by atoms with Gasteiger partial charge in [-0.25, -0.2) is 0 Å². The highest BCUT2D eigenvalue weighted by molar-refractivity contribution is 7.99. The maximum Gasteiger partial charge on any atom is 0.116 e. The molecule has 0 spiro atoms. The van der Waals surface area contributed by atoms with Gasteiger partial charge in [-0.1, -0.05) is 108 Å². The quantitative estimate of drug-likeness (QED) is 0.214. The van der Waals surface area contributed by atoms with E-state index in [0.717, 1.165) is 17.7 Å². The number of rotatable bonds is 10. The molecule has 3 aromatic rings. The first-order valence-corrected chi connectivity index (χ1v) is 16.1. The molecule has 1 unspecified atom stereocenters. The summed E-state index contributed by atoms with van der Waals surface area (Å²) in [7, 11) is -2.83. The summed E-state index contributed by atoms with van der Waals surface area (Å²) in [5, 5.41) is 11.2. The van der Waals surface area contributed by atoms with Gasteiger partial charge in [-0.15, -0.1) is 11.8 Å². The third-order valence-corrected chi connectivity index (χ3v) is 11.4. The van der Waals surface area contributed by atoms with Crippen LogP contribution in [0.5, 0.6) is 0 Å². The second-order valence-electron chi connectivity index (χ2n) is 11.9. The molecule has 36 heavy (non-hydrogen) atoms. The largest absolute Gasteiger partial charge is 0.385 e. The van der Waals surface area contributed by atoms with Crippen molar-refractivity contribution in [2.45, 2.75) is 76.0 Å². The Hall–Kier alpha value is -1.80. The van der Waals surface area contributed by atoms with Crippen molar-refractivity contribution in [2.24, 2.45) is 0 Å². The molecule has 0 fully saturated rings. The van der Waals surface area contributed by atoms with Gasteiger partial charge in [0, 0.05) is 23.0 Å². The Morgan fingerprint density at radius 2 is 1.11 bits per heavy atom. The van der Waals surface area contributed by atoms with Crippen LogP contribution < -0.4 is 0 Å². The first-order valence-electron chi connectivity index (χ1n) is 13.0. The molecule has 1 atom stereocenters. The first kappa shape index (κ1) is 28.8. The topological polar surface area (TPSA) is 37.3 Å². The highest BCUT2D eigenvalue weighted by Gasteiger charge is 2.31. The molecule has 0 radical (unpaired) electrons. The van der Waals surface area contributed by atoms with Crippen LogP contribution in [0.1, 0.15) is 63.8 Å². The van der Waals surface area contributed by atoms with Gasteiger partial charge in [0.05, 0.1) is 0 Å². The standard InChI is InChI=1S/C32H43O2PS/c1-31(2,3)27-16-12-25(13-17-27)20-22-35(34,30(33)24-36-29-10-8-7-9-11-29)23-21-26-14-18-28(19-15-26)32(4,5)6/h7-19,30,33H,20-24H2,1-6H3. The summed E-state index contributed by atoms with van der Waals surface area (Å²) in [6.45, 7) is 13.3. The molecular weight excluding hydrogens is 479 g/mol. The van der Waals surface area contributed by atoms with Crippen LogP contribution in [0.15, 0.2) is 83.8 Å². The average molecular weight is 523 g/mol. The molecule has 0 saturated carbocycles. The highest BCUT2D eigenvalue weighted by Crippen LogP contribution is 2.52. The van der Waals surface area contributed by atoms with E-state index in [1.807, 2.05) is 30.3 Å². The fourth-order valence-electron chi connectivity index (χ4n) is 4.21. The molecule has 0 bridgehead atoms. The number of benzene rings is 3. The van der Waals surface area contributed by atoms with E-state index >= 15 is 0 Å². The molecule has 0 aliphatic rings. The van der Waals surface area contributed by atoms with Crippen LogP contribution >= 0.6 is 18.9 Å². The van der Waals surface area contributed by atoms with E-state index in [1.54, 1.807) is 11.8 Å². The maximum absolute atomic E-state index is 14.3. The summed E-state index contributed by atoms with van der Waals surface area (Å²) >= 11 is 1.59. The van der Waals surface area contributed by atoms with Crippen molar-refractivity contribution in [3.63, 3.8) is 0 Å². The van der Waals surface area contributed by atoms with Crippen LogP contribution in [0.3, 0.4) is 0 Å². The van der Waals surface area contributed by atoms with Gasteiger partial charge >= 0.3 is 0 Å². The van der Waals surface area contributed by atoms with Crippen LogP contribution in [0, 0.1) is 0 Å². The van der Waals surface area contributed by atoms with Crippen LogP contribution in [-0.4, -0.2) is 29.0 Å². The summed E-state index contributed by atoms with van der Waals surface area (Å²) in [5.41, 5.74) is 5.18. The summed E-state index contributed by atoms with van der Waals surface area (Å²) in [6, 6.07) is 27.4. The second-order valence-corrected chi connectivity index (χ2v) is 16.4. The van der Waals surface area contributed by atoms with E-state index in [2.05, 4.69) is 90.1 Å². The second kappa shape index (κ2) is 12.2. The van der Waals surface area contributed by atoms with E-state index in [9.17, 15) is 9.67 Å². The van der Waals surface area contributed by atoms with Crippen molar-refractivity contribution in [3.05, 3.63) is 101 Å². The zero-order chi connectivity index (χ0) is 26.4. The van der Waals surface area contributed by atoms with Crippen molar-refractivity contribution in [1.29, 1.82) is 0 Å². The number of aliphatic hydroxyl groups is 1. The minimum atomic E-state index is -2.83. The molecule has 2 nitrogen and oxygen atoms in total. The van der Waals surface area contributed by atoms with Gasteiger partial charge in [0.15, 0.2) is 0 Å². The predicted molar refractivity (Wildman–Crippen MR) is 158 cm³/mol. The van der Waals surface area contributed by atoms with Crippen LogP contribution in [0.4, 0.5) is 0 Å². The minimum Gasteiger partial charge on any atom is -0.385 e. The fourth-order valence-corrected chi connectivity index (χ4v) is 8.31. The lowest BCUT2D eigenvalue weighted by Gasteiger charge is -2.25. The zero-order valence-corrected chi connectivity index (χ0v) is 24.5. The predicted octanol–water partition coefficient (Wildman–Crippen LogP) is 8.54. The molecule has 0 aliphatic heterocycles. The van der Waals surface area contributed by atoms with Crippen LogP contribution in [-0.2, 0) is 28.2 Å². The minimum absolute atomic E-state index is 0.112. The third-order valence-electron chi connectivity index (χ3n) is 6.88. The van der Waals surface area contributed by atoms with Crippen molar-refractivity contribution >= 4 is 18.9 Å². The molecule has 3 rings (SSSR count). The molecule has 0 aliphatic carbocycles. The number of hydrogen-bond acceptors (Lipinski definition) is 3. The molecule has 0 aromatic heterocycles. The Kier molecular flexibility index (Phi) is 9.72. The average Bonchev–Trinajstić information content (AvgIpc) is 2.85. The third kappa shape index (κ3) is 8.37. The molecule has 0 heterocycles. The Labute approximate surface area is 223 Å². The molecule has 194 valence electrons. The zero-order valence-electron chi connectivity index (χ0n) is 22.8. The van der Waals surface area contributed by atoms with Gasteiger partial charge < -0.3 is 9.67 Å². The smallest absolute Gasteiger partial charge is 0.116 e. The molecule has 4 heteroatoms. The SMILES string of the molecule is CC(C)(C)c1ccc(CCP(=O)(CCc2ccc(C(C)(C)C)cc2)C(O)CSc2ccccc2)cc1. The maximum atomic E-state index is 14.3. The number of hydrogen-bond donors (Lipinski definition) is 1. The lowest BCUT2D eigenvalue weighted by atomic mass is 9.86.